The number of hydrogen-bond donors (Lipinski definition) is 2. The van der Waals surface area contributed by atoms with Gasteiger partial charge in [-0.2, -0.15) is 5.10 Å². The van der Waals surface area contributed by atoms with E-state index in [-0.39, 0.29) is 30.0 Å². The molecule has 142 valence electrons. The zero-order valence-electron chi connectivity index (χ0n) is 15.7. The standard InChI is InChI=1S/C21H25N5.HI/c1-3-22-21(25-17(2)19-10-6-4-7-11-19)23-14-18-15-24-26(16-18)20-12-8-5-9-13-20;/h4-13,15-17H,3,14H2,1-2H3,(H2,22,23,25);1H. The maximum absolute atomic E-state index is 4.70. The third-order valence-corrected chi connectivity index (χ3v) is 4.07. The van der Waals surface area contributed by atoms with Crippen LogP contribution in [0.5, 0.6) is 0 Å². The second kappa shape index (κ2) is 10.7. The van der Waals surface area contributed by atoms with E-state index in [1.807, 2.05) is 53.5 Å². The van der Waals surface area contributed by atoms with E-state index in [0.717, 1.165) is 23.8 Å². The van der Waals surface area contributed by atoms with Crippen LogP contribution in [-0.2, 0) is 6.54 Å². The van der Waals surface area contributed by atoms with Crippen LogP contribution in [0.1, 0.15) is 31.0 Å². The Morgan fingerprint density at radius 1 is 1.07 bits per heavy atom. The molecule has 1 unspecified atom stereocenters. The van der Waals surface area contributed by atoms with Gasteiger partial charge in [-0.25, -0.2) is 9.67 Å². The Balaban J connectivity index is 0.00000261. The molecule has 6 heteroatoms. The molecule has 2 N–H and O–H groups in total. The molecule has 0 saturated carbocycles. The van der Waals surface area contributed by atoms with Crippen LogP contribution in [0.15, 0.2) is 78.0 Å². The van der Waals surface area contributed by atoms with Gasteiger partial charge in [0, 0.05) is 18.3 Å². The van der Waals surface area contributed by atoms with Crippen LogP contribution in [0.2, 0.25) is 0 Å². The number of nitrogens with zero attached hydrogens (tertiary/aromatic N) is 3. The van der Waals surface area contributed by atoms with Crippen LogP contribution in [0.25, 0.3) is 5.69 Å². The van der Waals surface area contributed by atoms with Gasteiger partial charge >= 0.3 is 0 Å². The molecule has 0 saturated heterocycles. The SMILES string of the molecule is CCNC(=NCc1cnn(-c2ccccc2)c1)NC(C)c1ccccc1.I. The van der Waals surface area contributed by atoms with E-state index in [2.05, 4.69) is 53.8 Å². The summed E-state index contributed by atoms with van der Waals surface area (Å²) in [7, 11) is 0. The van der Waals surface area contributed by atoms with Crippen LogP contribution >= 0.6 is 24.0 Å². The number of nitrogens with one attached hydrogen (secondary N) is 2. The van der Waals surface area contributed by atoms with Crippen molar-refractivity contribution in [2.45, 2.75) is 26.4 Å². The highest BCUT2D eigenvalue weighted by Gasteiger charge is 2.07. The van der Waals surface area contributed by atoms with Crippen LogP contribution in [0.3, 0.4) is 0 Å². The van der Waals surface area contributed by atoms with Crippen molar-refractivity contribution in [1.82, 2.24) is 20.4 Å². The normalized spacial score (nSPS) is 12.1. The second-order valence-electron chi connectivity index (χ2n) is 6.10. The molecule has 0 amide bonds. The first-order valence-electron chi connectivity index (χ1n) is 8.95. The zero-order valence-corrected chi connectivity index (χ0v) is 18.0. The highest BCUT2D eigenvalue weighted by atomic mass is 127. The molecular weight excluding hydrogens is 449 g/mol. The van der Waals surface area contributed by atoms with Gasteiger partial charge in [0.1, 0.15) is 0 Å². The van der Waals surface area contributed by atoms with Crippen molar-refractivity contribution in [3.63, 3.8) is 0 Å². The quantitative estimate of drug-likeness (QED) is 0.318. The maximum atomic E-state index is 4.70. The molecule has 2 aromatic carbocycles. The molecule has 5 nitrogen and oxygen atoms in total. The lowest BCUT2D eigenvalue weighted by atomic mass is 10.1. The molecule has 0 aliphatic carbocycles. The van der Waals surface area contributed by atoms with Crippen LogP contribution < -0.4 is 10.6 Å². The summed E-state index contributed by atoms with van der Waals surface area (Å²) in [6.45, 7) is 5.59. The molecule has 0 aliphatic rings. The van der Waals surface area contributed by atoms with Gasteiger partial charge in [-0.05, 0) is 31.5 Å². The van der Waals surface area contributed by atoms with Crippen molar-refractivity contribution in [2.75, 3.05) is 6.54 Å². The highest BCUT2D eigenvalue weighted by molar-refractivity contribution is 14.0. The summed E-state index contributed by atoms with van der Waals surface area (Å²) in [4.78, 5) is 4.70. The van der Waals surface area contributed by atoms with Gasteiger partial charge in [-0.1, -0.05) is 48.5 Å². The molecule has 0 spiro atoms. The largest absolute Gasteiger partial charge is 0.357 e. The van der Waals surface area contributed by atoms with Crippen LogP contribution in [-0.4, -0.2) is 22.3 Å². The number of halogens is 1. The second-order valence-corrected chi connectivity index (χ2v) is 6.10. The number of para-hydroxylation sites is 1. The average Bonchev–Trinajstić information content (AvgIpc) is 3.17. The molecule has 1 atom stereocenters. The van der Waals surface area contributed by atoms with Crippen molar-refractivity contribution < 1.29 is 0 Å². The predicted molar refractivity (Wildman–Crippen MR) is 122 cm³/mol. The summed E-state index contributed by atoms with van der Waals surface area (Å²) >= 11 is 0. The zero-order chi connectivity index (χ0) is 18.2. The summed E-state index contributed by atoms with van der Waals surface area (Å²) in [6.07, 6.45) is 3.88. The molecular formula is C21H26IN5. The van der Waals surface area contributed by atoms with Gasteiger partial charge in [0.2, 0.25) is 0 Å². The molecule has 0 radical (unpaired) electrons. The van der Waals surface area contributed by atoms with Gasteiger partial charge in [0.15, 0.2) is 5.96 Å². The van der Waals surface area contributed by atoms with Crippen molar-refractivity contribution in [3.05, 3.63) is 84.2 Å². The Bertz CT molecular complexity index is 830. The van der Waals surface area contributed by atoms with Crippen molar-refractivity contribution >= 4 is 29.9 Å². The molecule has 3 aromatic rings. The first-order valence-corrected chi connectivity index (χ1v) is 8.95. The molecule has 3 rings (SSSR count). The number of benzene rings is 2. The van der Waals surface area contributed by atoms with Crippen LogP contribution in [0, 0.1) is 0 Å². The van der Waals surface area contributed by atoms with Gasteiger partial charge in [0.25, 0.3) is 0 Å². The van der Waals surface area contributed by atoms with E-state index in [1.54, 1.807) is 0 Å². The number of guanidine groups is 1. The number of hydrogen-bond acceptors (Lipinski definition) is 2. The first-order chi connectivity index (χ1) is 12.8. The molecule has 27 heavy (non-hydrogen) atoms. The minimum atomic E-state index is 0. The number of aliphatic imine (C=N–C) groups is 1. The van der Waals surface area contributed by atoms with Crippen molar-refractivity contribution in [3.8, 4) is 5.69 Å². The summed E-state index contributed by atoms with van der Waals surface area (Å²) < 4.78 is 1.87. The van der Waals surface area contributed by atoms with E-state index in [0.29, 0.717) is 6.54 Å². The minimum absolute atomic E-state index is 0. The fourth-order valence-corrected chi connectivity index (χ4v) is 2.68. The van der Waals surface area contributed by atoms with Crippen LogP contribution in [0.4, 0.5) is 0 Å². The molecule has 1 heterocycles. The number of aromatic nitrogens is 2. The first kappa shape index (κ1) is 21.0. The minimum Gasteiger partial charge on any atom is -0.357 e. The molecule has 1 aromatic heterocycles. The highest BCUT2D eigenvalue weighted by Crippen LogP contribution is 2.11. The van der Waals surface area contributed by atoms with E-state index in [9.17, 15) is 0 Å². The lowest BCUT2D eigenvalue weighted by molar-refractivity contribution is 0.686. The van der Waals surface area contributed by atoms with Crippen molar-refractivity contribution in [2.24, 2.45) is 4.99 Å². The smallest absolute Gasteiger partial charge is 0.192 e. The van der Waals surface area contributed by atoms with E-state index < -0.39 is 0 Å². The van der Waals surface area contributed by atoms with Gasteiger partial charge in [0.05, 0.1) is 24.5 Å². The Labute approximate surface area is 177 Å². The third kappa shape index (κ3) is 6.09. The molecule has 0 fully saturated rings. The number of rotatable bonds is 6. The lowest BCUT2D eigenvalue weighted by Crippen LogP contribution is -2.38. The monoisotopic (exact) mass is 475 g/mol. The summed E-state index contributed by atoms with van der Waals surface area (Å²) in [5.41, 5.74) is 3.35. The summed E-state index contributed by atoms with van der Waals surface area (Å²) in [5.74, 6) is 0.802. The Hall–Kier alpha value is -2.35. The maximum Gasteiger partial charge on any atom is 0.192 e. The molecule has 0 aliphatic heterocycles. The topological polar surface area (TPSA) is 54.2 Å². The Morgan fingerprint density at radius 3 is 2.41 bits per heavy atom. The predicted octanol–water partition coefficient (Wildman–Crippen LogP) is 4.31. The average molecular weight is 475 g/mol. The Morgan fingerprint density at radius 2 is 1.74 bits per heavy atom. The Kier molecular flexibility index (Phi) is 8.32. The molecule has 0 bridgehead atoms. The summed E-state index contributed by atoms with van der Waals surface area (Å²) in [6, 6.07) is 20.6. The summed E-state index contributed by atoms with van der Waals surface area (Å²) in [5, 5.41) is 11.2. The fourth-order valence-electron chi connectivity index (χ4n) is 2.68. The van der Waals surface area contributed by atoms with E-state index in [4.69, 9.17) is 4.99 Å². The third-order valence-electron chi connectivity index (χ3n) is 4.07. The van der Waals surface area contributed by atoms with Gasteiger partial charge in [-0.3, -0.25) is 0 Å². The van der Waals surface area contributed by atoms with Crippen molar-refractivity contribution in [1.29, 1.82) is 0 Å². The fraction of sp³-hybridized carbons (Fsp3) is 0.238. The van der Waals surface area contributed by atoms with Gasteiger partial charge in [-0.15, -0.1) is 24.0 Å². The van der Waals surface area contributed by atoms with E-state index in [1.165, 1.54) is 5.56 Å². The van der Waals surface area contributed by atoms with Gasteiger partial charge < -0.3 is 10.6 Å². The lowest BCUT2D eigenvalue weighted by Gasteiger charge is -2.18. The van der Waals surface area contributed by atoms with E-state index >= 15 is 0 Å².